The third-order valence-corrected chi connectivity index (χ3v) is 4.92. The number of hydrogen-bond acceptors (Lipinski definition) is 5. The Balaban J connectivity index is 1.38. The minimum Gasteiger partial charge on any atom is -0.490 e. The molecule has 1 atom stereocenters. The highest BCUT2D eigenvalue weighted by molar-refractivity contribution is 6.06. The van der Waals surface area contributed by atoms with Gasteiger partial charge in [-0.2, -0.15) is 0 Å². The van der Waals surface area contributed by atoms with E-state index in [2.05, 4.69) is 15.6 Å². The van der Waals surface area contributed by atoms with Crippen LogP contribution in [0, 0.1) is 0 Å². The Labute approximate surface area is 180 Å². The molecule has 0 bridgehead atoms. The summed E-state index contributed by atoms with van der Waals surface area (Å²) >= 11 is 0. The molecular formula is C23H24N4O4. The lowest BCUT2D eigenvalue weighted by Gasteiger charge is -2.14. The number of ether oxygens (including phenoxy) is 2. The molecule has 1 unspecified atom stereocenters. The first-order valence-corrected chi connectivity index (χ1v) is 10.2. The smallest absolute Gasteiger partial charge is 0.255 e. The second kappa shape index (κ2) is 9.90. The molecule has 0 saturated carbocycles. The van der Waals surface area contributed by atoms with Gasteiger partial charge in [-0.25, -0.2) is 4.98 Å². The number of nitrogens with one attached hydrogen (secondary N) is 2. The van der Waals surface area contributed by atoms with E-state index in [9.17, 15) is 9.59 Å². The van der Waals surface area contributed by atoms with Gasteiger partial charge in [0.1, 0.15) is 18.5 Å². The van der Waals surface area contributed by atoms with E-state index < -0.39 is 6.10 Å². The topological polar surface area (TPSA) is 94.5 Å². The van der Waals surface area contributed by atoms with Crippen LogP contribution in [0.15, 0.2) is 67.3 Å². The van der Waals surface area contributed by atoms with Crippen molar-refractivity contribution in [3.05, 3.63) is 72.8 Å². The van der Waals surface area contributed by atoms with Gasteiger partial charge in [0, 0.05) is 30.3 Å². The molecule has 1 aliphatic heterocycles. The summed E-state index contributed by atoms with van der Waals surface area (Å²) in [5.74, 6) is 0.101. The van der Waals surface area contributed by atoms with E-state index in [-0.39, 0.29) is 11.8 Å². The number of benzene rings is 2. The van der Waals surface area contributed by atoms with E-state index in [1.54, 1.807) is 42.9 Å². The molecule has 0 radical (unpaired) electrons. The van der Waals surface area contributed by atoms with Gasteiger partial charge in [-0.15, -0.1) is 0 Å². The number of aromatic nitrogens is 2. The summed E-state index contributed by atoms with van der Waals surface area (Å²) in [5.41, 5.74) is 1.56. The highest BCUT2D eigenvalue weighted by Crippen LogP contribution is 2.25. The Bertz CT molecular complexity index is 1030. The van der Waals surface area contributed by atoms with Gasteiger partial charge in [-0.1, -0.05) is 18.2 Å². The van der Waals surface area contributed by atoms with Crippen molar-refractivity contribution in [2.24, 2.45) is 0 Å². The van der Waals surface area contributed by atoms with Crippen molar-refractivity contribution < 1.29 is 19.1 Å². The molecule has 1 fully saturated rings. The maximum atomic E-state index is 12.8. The number of carbonyl (C=O) groups is 2. The Morgan fingerprint density at radius 2 is 2.06 bits per heavy atom. The van der Waals surface area contributed by atoms with Crippen LogP contribution in [-0.4, -0.2) is 40.7 Å². The summed E-state index contributed by atoms with van der Waals surface area (Å²) < 4.78 is 13.2. The normalized spacial score (nSPS) is 15.4. The van der Waals surface area contributed by atoms with Crippen LogP contribution in [0.1, 0.15) is 23.2 Å². The molecule has 4 rings (SSSR count). The molecule has 31 heavy (non-hydrogen) atoms. The number of hydrogen-bond donors (Lipinski definition) is 2. The molecule has 8 heteroatoms. The fourth-order valence-corrected chi connectivity index (χ4v) is 3.32. The first-order valence-electron chi connectivity index (χ1n) is 10.2. The van der Waals surface area contributed by atoms with Crippen molar-refractivity contribution in [1.82, 2.24) is 9.55 Å². The van der Waals surface area contributed by atoms with Crippen molar-refractivity contribution in [1.29, 1.82) is 0 Å². The van der Waals surface area contributed by atoms with Crippen LogP contribution in [0.2, 0.25) is 0 Å². The maximum Gasteiger partial charge on any atom is 0.255 e. The molecule has 2 amide bonds. The lowest BCUT2D eigenvalue weighted by Crippen LogP contribution is -2.27. The number of amides is 2. The van der Waals surface area contributed by atoms with Gasteiger partial charge in [0.15, 0.2) is 0 Å². The highest BCUT2D eigenvalue weighted by atomic mass is 16.5. The number of anilines is 2. The molecule has 0 aliphatic carbocycles. The van der Waals surface area contributed by atoms with Gasteiger partial charge in [0.25, 0.3) is 11.8 Å². The van der Waals surface area contributed by atoms with Crippen molar-refractivity contribution in [2.75, 3.05) is 23.8 Å². The van der Waals surface area contributed by atoms with Gasteiger partial charge < -0.3 is 24.7 Å². The first-order chi connectivity index (χ1) is 15.2. The van der Waals surface area contributed by atoms with Gasteiger partial charge in [0.2, 0.25) is 0 Å². The quantitative estimate of drug-likeness (QED) is 0.583. The van der Waals surface area contributed by atoms with Gasteiger partial charge in [-0.05, 0) is 43.2 Å². The summed E-state index contributed by atoms with van der Waals surface area (Å²) in [5, 5.41) is 5.71. The summed E-state index contributed by atoms with van der Waals surface area (Å²) in [6.07, 6.45) is 6.46. The SMILES string of the molecule is O=C(Nc1ccccc1OCCn1ccnc1)c1cccc(NC(=O)C2CCCO2)c1. The molecule has 1 aliphatic rings. The molecule has 2 aromatic carbocycles. The maximum absolute atomic E-state index is 12.8. The van der Waals surface area contributed by atoms with E-state index in [4.69, 9.17) is 9.47 Å². The summed E-state index contributed by atoms with van der Waals surface area (Å²) in [4.78, 5) is 29.1. The first kappa shape index (κ1) is 20.6. The molecule has 160 valence electrons. The van der Waals surface area contributed by atoms with E-state index in [0.717, 1.165) is 6.42 Å². The van der Waals surface area contributed by atoms with Crippen molar-refractivity contribution >= 4 is 23.2 Å². The standard InChI is InChI=1S/C23H24N4O4/c28-22(17-5-3-6-18(15-17)25-23(29)21-9-4-13-30-21)26-19-7-1-2-8-20(19)31-14-12-27-11-10-24-16-27/h1-3,5-8,10-11,15-16,21H,4,9,12-14H2,(H,25,29)(H,26,28). The molecule has 2 heterocycles. The Hall–Kier alpha value is -3.65. The van der Waals surface area contributed by atoms with Crippen LogP contribution < -0.4 is 15.4 Å². The Morgan fingerprint density at radius 3 is 2.87 bits per heavy atom. The highest BCUT2D eigenvalue weighted by Gasteiger charge is 2.23. The third-order valence-electron chi connectivity index (χ3n) is 4.92. The van der Waals surface area contributed by atoms with Crippen molar-refractivity contribution in [2.45, 2.75) is 25.5 Å². The second-order valence-corrected chi connectivity index (χ2v) is 7.17. The number of rotatable bonds is 8. The largest absolute Gasteiger partial charge is 0.490 e. The van der Waals surface area contributed by atoms with Crippen LogP contribution >= 0.6 is 0 Å². The minimum atomic E-state index is -0.427. The molecule has 1 saturated heterocycles. The Kier molecular flexibility index (Phi) is 6.59. The lowest BCUT2D eigenvalue weighted by molar-refractivity contribution is -0.124. The van der Waals surface area contributed by atoms with Crippen molar-refractivity contribution in [3.63, 3.8) is 0 Å². The monoisotopic (exact) mass is 420 g/mol. The average molecular weight is 420 g/mol. The molecule has 8 nitrogen and oxygen atoms in total. The van der Waals surface area contributed by atoms with Crippen LogP contribution in [0.3, 0.4) is 0 Å². The van der Waals surface area contributed by atoms with E-state index >= 15 is 0 Å². The molecular weight excluding hydrogens is 396 g/mol. The van der Waals surface area contributed by atoms with E-state index in [0.29, 0.717) is 48.9 Å². The molecule has 2 N–H and O–H groups in total. The predicted molar refractivity (Wildman–Crippen MR) is 116 cm³/mol. The molecule has 0 spiro atoms. The zero-order valence-electron chi connectivity index (χ0n) is 17.0. The van der Waals surface area contributed by atoms with E-state index in [1.807, 2.05) is 29.0 Å². The number of nitrogens with zero attached hydrogens (tertiary/aromatic N) is 2. The number of imidazole rings is 1. The zero-order chi connectivity index (χ0) is 21.5. The Morgan fingerprint density at radius 1 is 1.16 bits per heavy atom. The number of carbonyl (C=O) groups excluding carboxylic acids is 2. The van der Waals surface area contributed by atoms with E-state index in [1.165, 1.54) is 0 Å². The number of para-hydroxylation sites is 2. The second-order valence-electron chi connectivity index (χ2n) is 7.17. The minimum absolute atomic E-state index is 0.188. The predicted octanol–water partition coefficient (Wildman–Crippen LogP) is 3.33. The summed E-state index contributed by atoms with van der Waals surface area (Å²) in [6, 6.07) is 14.1. The third kappa shape index (κ3) is 5.49. The lowest BCUT2D eigenvalue weighted by atomic mass is 10.1. The average Bonchev–Trinajstić information content (AvgIpc) is 3.50. The summed E-state index contributed by atoms with van der Waals surface area (Å²) in [7, 11) is 0. The van der Waals surface area contributed by atoms with Crippen LogP contribution in [-0.2, 0) is 16.1 Å². The summed E-state index contributed by atoms with van der Waals surface area (Å²) in [6.45, 7) is 1.69. The van der Waals surface area contributed by atoms with Gasteiger partial charge in [-0.3, -0.25) is 9.59 Å². The van der Waals surface area contributed by atoms with Crippen LogP contribution in [0.5, 0.6) is 5.75 Å². The fourth-order valence-electron chi connectivity index (χ4n) is 3.32. The zero-order valence-corrected chi connectivity index (χ0v) is 17.0. The molecule has 3 aromatic rings. The molecule has 1 aromatic heterocycles. The fraction of sp³-hybridized carbons (Fsp3) is 0.261. The van der Waals surface area contributed by atoms with Crippen molar-refractivity contribution in [3.8, 4) is 5.75 Å². The van der Waals surface area contributed by atoms with Gasteiger partial charge in [0.05, 0.1) is 18.6 Å². The van der Waals surface area contributed by atoms with Crippen LogP contribution in [0.25, 0.3) is 0 Å². The van der Waals surface area contributed by atoms with Gasteiger partial charge >= 0.3 is 0 Å². The van der Waals surface area contributed by atoms with Crippen LogP contribution in [0.4, 0.5) is 11.4 Å².